The van der Waals surface area contributed by atoms with Crippen LogP contribution in [-0.2, 0) is 0 Å². The Labute approximate surface area is 116 Å². The number of Topliss-reactive ketones (excluding diaryl/α,β-unsaturated/α-hetero) is 1. The van der Waals surface area contributed by atoms with Crippen LogP contribution in [0.5, 0.6) is 0 Å². The van der Waals surface area contributed by atoms with Crippen LogP contribution in [0.25, 0.3) is 0 Å². The Morgan fingerprint density at radius 3 is 2.32 bits per heavy atom. The van der Waals surface area contributed by atoms with Crippen molar-refractivity contribution >= 4 is 5.78 Å². The summed E-state index contributed by atoms with van der Waals surface area (Å²) in [5.41, 5.74) is 0.836. The maximum atomic E-state index is 12.0. The largest absolute Gasteiger partial charge is 0.300 e. The van der Waals surface area contributed by atoms with Crippen molar-refractivity contribution in [3.63, 3.8) is 0 Å². The third-order valence-electron chi connectivity index (χ3n) is 3.89. The lowest BCUT2D eigenvalue weighted by Gasteiger charge is -2.36. The Bertz CT molecular complexity index is 394. The molecule has 0 unspecified atom stereocenters. The first-order valence-corrected chi connectivity index (χ1v) is 7.21. The van der Waals surface area contributed by atoms with Gasteiger partial charge < -0.3 is 4.90 Å². The van der Waals surface area contributed by atoms with Gasteiger partial charge in [-0.2, -0.15) is 0 Å². The Morgan fingerprint density at radius 1 is 1.11 bits per heavy atom. The standard InChI is InChI=1S/C16H24N2O/c1-14(2)18-12-10-17(11-13-18)9-8-16(19)15-6-4-3-5-7-15/h3-7,14H,8-13H2,1-2H3. The first kappa shape index (κ1) is 14.2. The zero-order valence-corrected chi connectivity index (χ0v) is 12.0. The third kappa shape index (κ3) is 4.15. The molecule has 1 aliphatic heterocycles. The highest BCUT2D eigenvalue weighted by Gasteiger charge is 2.19. The summed E-state index contributed by atoms with van der Waals surface area (Å²) in [6.07, 6.45) is 0.631. The van der Waals surface area contributed by atoms with E-state index in [4.69, 9.17) is 0 Å². The molecule has 0 radical (unpaired) electrons. The van der Waals surface area contributed by atoms with Crippen LogP contribution in [0.2, 0.25) is 0 Å². The van der Waals surface area contributed by atoms with Gasteiger partial charge in [0.15, 0.2) is 5.78 Å². The topological polar surface area (TPSA) is 23.6 Å². The SMILES string of the molecule is CC(C)N1CCN(CCC(=O)c2ccccc2)CC1. The molecular weight excluding hydrogens is 236 g/mol. The Morgan fingerprint density at radius 2 is 1.74 bits per heavy atom. The monoisotopic (exact) mass is 260 g/mol. The Hall–Kier alpha value is -1.19. The van der Waals surface area contributed by atoms with Crippen molar-refractivity contribution in [1.29, 1.82) is 0 Å². The van der Waals surface area contributed by atoms with Crippen LogP contribution in [0, 0.1) is 0 Å². The molecule has 1 aliphatic rings. The van der Waals surface area contributed by atoms with E-state index < -0.39 is 0 Å². The fourth-order valence-corrected chi connectivity index (χ4v) is 2.53. The summed E-state index contributed by atoms with van der Waals surface area (Å²) in [6, 6.07) is 10.2. The van der Waals surface area contributed by atoms with Gasteiger partial charge in [-0.25, -0.2) is 0 Å². The molecule has 0 saturated carbocycles. The van der Waals surface area contributed by atoms with Crippen molar-refractivity contribution in [2.45, 2.75) is 26.3 Å². The minimum absolute atomic E-state index is 0.256. The summed E-state index contributed by atoms with van der Waals surface area (Å²) >= 11 is 0. The predicted octanol–water partition coefficient (Wildman–Crippen LogP) is 2.29. The van der Waals surface area contributed by atoms with E-state index in [-0.39, 0.29) is 5.78 Å². The molecule has 1 fully saturated rings. The molecule has 1 heterocycles. The summed E-state index contributed by atoms with van der Waals surface area (Å²) in [6.45, 7) is 9.79. The highest BCUT2D eigenvalue weighted by atomic mass is 16.1. The lowest BCUT2D eigenvalue weighted by atomic mass is 10.1. The molecule has 0 aliphatic carbocycles. The molecule has 1 aromatic carbocycles. The molecule has 0 amide bonds. The van der Waals surface area contributed by atoms with Crippen LogP contribution in [-0.4, -0.2) is 54.3 Å². The number of piperazine rings is 1. The smallest absolute Gasteiger partial charge is 0.164 e. The summed E-state index contributed by atoms with van der Waals surface area (Å²) < 4.78 is 0. The van der Waals surface area contributed by atoms with E-state index in [1.54, 1.807) is 0 Å². The first-order chi connectivity index (χ1) is 9.16. The average molecular weight is 260 g/mol. The average Bonchev–Trinajstić information content (AvgIpc) is 2.46. The second-order valence-corrected chi connectivity index (χ2v) is 5.51. The normalized spacial score (nSPS) is 17.8. The van der Waals surface area contributed by atoms with E-state index in [1.165, 1.54) is 0 Å². The van der Waals surface area contributed by atoms with Crippen molar-refractivity contribution < 1.29 is 4.79 Å². The maximum Gasteiger partial charge on any atom is 0.164 e. The molecule has 3 heteroatoms. The second kappa shape index (κ2) is 6.83. The van der Waals surface area contributed by atoms with Crippen molar-refractivity contribution in [2.24, 2.45) is 0 Å². The summed E-state index contributed by atoms with van der Waals surface area (Å²) in [7, 11) is 0. The first-order valence-electron chi connectivity index (χ1n) is 7.21. The van der Waals surface area contributed by atoms with Crippen molar-refractivity contribution in [3.05, 3.63) is 35.9 Å². The molecule has 0 aromatic heterocycles. The molecule has 1 aromatic rings. The van der Waals surface area contributed by atoms with E-state index in [1.807, 2.05) is 30.3 Å². The van der Waals surface area contributed by atoms with Gasteiger partial charge in [0.05, 0.1) is 0 Å². The Balaban J connectivity index is 1.74. The van der Waals surface area contributed by atoms with Crippen LogP contribution < -0.4 is 0 Å². The van der Waals surface area contributed by atoms with E-state index in [0.29, 0.717) is 12.5 Å². The number of ketones is 1. The minimum atomic E-state index is 0.256. The summed E-state index contributed by atoms with van der Waals surface area (Å²) in [4.78, 5) is 16.9. The van der Waals surface area contributed by atoms with Crippen LogP contribution >= 0.6 is 0 Å². The van der Waals surface area contributed by atoms with E-state index in [0.717, 1.165) is 38.3 Å². The van der Waals surface area contributed by atoms with Gasteiger partial charge in [0.2, 0.25) is 0 Å². The summed E-state index contributed by atoms with van der Waals surface area (Å²) in [5, 5.41) is 0. The molecule has 3 nitrogen and oxygen atoms in total. The quantitative estimate of drug-likeness (QED) is 0.759. The zero-order chi connectivity index (χ0) is 13.7. The molecule has 0 bridgehead atoms. The fraction of sp³-hybridized carbons (Fsp3) is 0.562. The van der Waals surface area contributed by atoms with Gasteiger partial charge in [-0.15, -0.1) is 0 Å². The van der Waals surface area contributed by atoms with Gasteiger partial charge in [-0.3, -0.25) is 9.69 Å². The van der Waals surface area contributed by atoms with Gasteiger partial charge in [-0.05, 0) is 13.8 Å². The van der Waals surface area contributed by atoms with Crippen LogP contribution in [0.3, 0.4) is 0 Å². The van der Waals surface area contributed by atoms with Crippen LogP contribution in [0.4, 0.5) is 0 Å². The van der Waals surface area contributed by atoms with Gasteiger partial charge in [0, 0.05) is 50.7 Å². The highest BCUT2D eigenvalue weighted by Crippen LogP contribution is 2.08. The van der Waals surface area contributed by atoms with Gasteiger partial charge in [-0.1, -0.05) is 30.3 Å². The number of hydrogen-bond acceptors (Lipinski definition) is 3. The lowest BCUT2D eigenvalue weighted by Crippen LogP contribution is -2.49. The lowest BCUT2D eigenvalue weighted by molar-refractivity contribution is 0.0890. The number of benzene rings is 1. The van der Waals surface area contributed by atoms with Gasteiger partial charge in [0.1, 0.15) is 0 Å². The van der Waals surface area contributed by atoms with Crippen LogP contribution in [0.1, 0.15) is 30.6 Å². The van der Waals surface area contributed by atoms with Crippen molar-refractivity contribution in [3.8, 4) is 0 Å². The third-order valence-corrected chi connectivity index (χ3v) is 3.89. The summed E-state index contributed by atoms with van der Waals surface area (Å²) in [5.74, 6) is 0.256. The van der Waals surface area contributed by atoms with Gasteiger partial charge in [0.25, 0.3) is 0 Å². The number of carbonyl (C=O) groups excluding carboxylic acids is 1. The maximum absolute atomic E-state index is 12.0. The fourth-order valence-electron chi connectivity index (χ4n) is 2.53. The number of carbonyl (C=O) groups is 1. The molecule has 104 valence electrons. The van der Waals surface area contributed by atoms with E-state index in [9.17, 15) is 4.79 Å². The molecule has 1 saturated heterocycles. The molecular formula is C16H24N2O. The molecule has 0 spiro atoms. The number of nitrogens with zero attached hydrogens (tertiary/aromatic N) is 2. The van der Waals surface area contributed by atoms with E-state index in [2.05, 4.69) is 23.6 Å². The number of rotatable bonds is 5. The van der Waals surface area contributed by atoms with E-state index >= 15 is 0 Å². The minimum Gasteiger partial charge on any atom is -0.300 e. The number of hydrogen-bond donors (Lipinski definition) is 0. The van der Waals surface area contributed by atoms with Crippen LogP contribution in [0.15, 0.2) is 30.3 Å². The van der Waals surface area contributed by atoms with Crippen molar-refractivity contribution in [2.75, 3.05) is 32.7 Å². The Kier molecular flexibility index (Phi) is 5.11. The molecule has 0 N–H and O–H groups in total. The van der Waals surface area contributed by atoms with Crippen molar-refractivity contribution in [1.82, 2.24) is 9.80 Å². The highest BCUT2D eigenvalue weighted by molar-refractivity contribution is 5.96. The second-order valence-electron chi connectivity index (χ2n) is 5.51. The predicted molar refractivity (Wildman–Crippen MR) is 78.5 cm³/mol. The molecule has 0 atom stereocenters. The molecule has 2 rings (SSSR count). The van der Waals surface area contributed by atoms with Gasteiger partial charge >= 0.3 is 0 Å². The molecule has 19 heavy (non-hydrogen) atoms. The zero-order valence-electron chi connectivity index (χ0n) is 12.0.